The van der Waals surface area contributed by atoms with Gasteiger partial charge in [0.25, 0.3) is 5.91 Å². The minimum Gasteiger partial charge on any atom is -0.477 e. The third kappa shape index (κ3) is 13.9. The maximum atomic E-state index is 13.1. The summed E-state index contributed by atoms with van der Waals surface area (Å²) in [6, 6.07) is 19.0. The number of aliphatic hydroxyl groups excluding tert-OH is 2. The normalized spacial score (nSPS) is 22.9. The number of carboxylic acid groups (broad SMARTS) is 1. The van der Waals surface area contributed by atoms with E-state index in [1.807, 2.05) is 42.5 Å². The number of carbonyl (C=O) groups excluding carboxylic acids is 1. The van der Waals surface area contributed by atoms with Gasteiger partial charge in [-0.05, 0) is 137 Å². The predicted molar refractivity (Wildman–Crippen MR) is 328 cm³/mol. The number of pyridine rings is 2. The molecule has 3 saturated carbocycles. The molecule has 4 aromatic rings. The molecule has 12 rings (SSSR count). The Bertz CT molecular complexity index is 2910. The molecule has 0 spiro atoms. The zero-order valence-corrected chi connectivity index (χ0v) is 53.0. The maximum absolute atomic E-state index is 13.1. The number of aromatic nitrogens is 2. The van der Waals surface area contributed by atoms with Crippen molar-refractivity contribution in [3.63, 3.8) is 0 Å². The van der Waals surface area contributed by atoms with Crippen molar-refractivity contribution in [1.29, 1.82) is 0 Å². The van der Waals surface area contributed by atoms with Gasteiger partial charge in [0.05, 0.1) is 71.6 Å². The number of anilines is 2. The van der Waals surface area contributed by atoms with Crippen LogP contribution in [0.25, 0.3) is 9.69 Å². The zero-order valence-electron chi connectivity index (χ0n) is 42.7. The number of rotatable bonds is 6. The van der Waals surface area contributed by atoms with Crippen molar-refractivity contribution >= 4 is 130 Å². The molecule has 20 heteroatoms. The standard InChI is InChI=1S/C28H30ClN5O2.C23H21ClN4O2.C6H12O.I3.HI/c1-30-24-9-6-18(16-22(24)29)34-27(17-4-2-3-5-17)21-8-10-23-20(26(21)32-34)7-11-25(31-23)28(36)33-14-12-19(35)13-15-33;1-25-19-9-6-14(12-17(19)24)28-22(13-4-2-3-5-13)16-8-10-18-15(21(16)27-28)7-11-20(26-18)23(29)30;7-6-4-2-1-3-5-6;1-3-2;/h6-7,9,11,16-17,19,21,27,35H,2-5,8,10,12-15H2;6-7,9,11-13,16,22H,2-5,8,10H2,(H,29,30);6-7H,1-5H2;;1H/q;;;-1;/t21-,27-;16-,22-;;;/m00.../s1. The van der Waals surface area contributed by atoms with E-state index >= 15 is 0 Å². The van der Waals surface area contributed by atoms with Gasteiger partial charge in [0.2, 0.25) is 11.4 Å². The zero-order chi connectivity index (χ0) is 53.5. The number of hydrogen-bond acceptors (Lipinski definition) is 10. The second-order valence-corrected chi connectivity index (χ2v) is 38.1. The first-order valence-corrected chi connectivity index (χ1v) is 40.1. The fourth-order valence-electron chi connectivity index (χ4n) is 12.9. The number of hydrogen-bond donors (Lipinski definition) is 3. The number of carboxylic acids is 1. The SMILES string of the molecule is I.I[I-]I.OC1CCCCC1.[C-]#[N+]c1ccc(N2N=C3c4ccc(C(=O)N5CCC(O)CC5)nc4CC[C@@H]3[C@@H]2C2CCCC2)cc1Cl.[C-]#[N+]c1ccc(N2N=C3c4ccc(C(=O)O)nc4CC[C@@H]3[C@@H]2C2CCCC2)cc1Cl. The summed E-state index contributed by atoms with van der Waals surface area (Å²) in [5, 5.41) is 43.3. The van der Waals surface area contributed by atoms with Gasteiger partial charge in [-0.3, -0.25) is 14.8 Å². The number of amides is 1. The molecule has 3 aliphatic heterocycles. The number of hydrazone groups is 2. The summed E-state index contributed by atoms with van der Waals surface area (Å²) in [7, 11) is 0. The van der Waals surface area contributed by atoms with Crippen molar-refractivity contribution in [2.75, 3.05) is 23.1 Å². The van der Waals surface area contributed by atoms with E-state index in [2.05, 4.69) is 61.9 Å². The van der Waals surface area contributed by atoms with Gasteiger partial charge < -0.3 is 20.2 Å². The number of fused-ring (bicyclic) bond motifs is 6. The molecule has 2 aromatic carbocycles. The van der Waals surface area contributed by atoms with E-state index in [9.17, 15) is 19.8 Å². The number of piperidine rings is 1. The number of carbonyl (C=O) groups is 2. The predicted octanol–water partition coefficient (Wildman–Crippen LogP) is 11.3. The molecule has 5 heterocycles. The Kier molecular flexibility index (Phi) is 22.0. The van der Waals surface area contributed by atoms with Crippen molar-refractivity contribution in [3.05, 3.63) is 127 Å². The first-order valence-electron chi connectivity index (χ1n) is 26.8. The van der Waals surface area contributed by atoms with Crippen LogP contribution in [0.15, 0.2) is 70.9 Å². The average molecular weight is 1530 g/mol. The van der Waals surface area contributed by atoms with Crippen LogP contribution in [0.4, 0.5) is 22.7 Å². The Morgan fingerprint density at radius 2 is 1.01 bits per heavy atom. The van der Waals surface area contributed by atoms with Gasteiger partial charge in [-0.2, -0.15) is 10.2 Å². The largest absolute Gasteiger partial charge is 0.477 e. The first-order chi connectivity index (χ1) is 36.9. The van der Waals surface area contributed by atoms with Gasteiger partial charge >= 0.3 is 56.5 Å². The van der Waals surface area contributed by atoms with Crippen LogP contribution in [0.3, 0.4) is 0 Å². The van der Waals surface area contributed by atoms with Crippen molar-refractivity contribution in [2.24, 2.45) is 33.9 Å². The Morgan fingerprint density at radius 1 is 0.597 bits per heavy atom. The average Bonchev–Trinajstić information content (AvgIpc) is 4.38. The molecule has 5 aliphatic carbocycles. The summed E-state index contributed by atoms with van der Waals surface area (Å²) < 4.78 is 0. The number of benzene rings is 2. The van der Waals surface area contributed by atoms with E-state index in [0.717, 1.165) is 83.8 Å². The summed E-state index contributed by atoms with van der Waals surface area (Å²) in [6.07, 6.45) is 20.1. The first kappa shape index (κ1) is 60.1. The third-order valence-corrected chi connectivity index (χ3v) is 17.2. The van der Waals surface area contributed by atoms with E-state index in [-0.39, 0.29) is 65.8 Å². The second-order valence-electron chi connectivity index (χ2n) is 21.1. The molecule has 4 atom stereocenters. The number of aliphatic hydroxyl groups is 2. The fraction of sp³-hybridized carbons (Fsp3) is 0.509. The molecule has 77 heavy (non-hydrogen) atoms. The van der Waals surface area contributed by atoms with Crippen LogP contribution in [0.2, 0.25) is 10.0 Å². The van der Waals surface area contributed by atoms with Gasteiger partial charge in [0.1, 0.15) is 11.4 Å². The Balaban J connectivity index is 0.000000173. The Labute approximate surface area is 508 Å². The smallest absolute Gasteiger partial charge is 0.354 e. The van der Waals surface area contributed by atoms with Crippen molar-refractivity contribution in [2.45, 2.75) is 146 Å². The molecule has 8 aliphatic rings. The van der Waals surface area contributed by atoms with Gasteiger partial charge in [-0.1, -0.05) is 80.3 Å². The Morgan fingerprint density at radius 3 is 1.42 bits per heavy atom. The molecule has 3 N–H and O–H groups in total. The number of aromatic carboxylic acids is 1. The van der Waals surface area contributed by atoms with Gasteiger partial charge in [0, 0.05) is 46.1 Å². The van der Waals surface area contributed by atoms with E-state index < -0.39 is 5.97 Å². The molecular weight excluding hydrogens is 1470 g/mol. The van der Waals surface area contributed by atoms with Crippen molar-refractivity contribution in [1.82, 2.24) is 14.9 Å². The van der Waals surface area contributed by atoms with Crippen LogP contribution in [0.5, 0.6) is 0 Å². The van der Waals surface area contributed by atoms with E-state index in [4.69, 9.17) is 56.6 Å². The van der Waals surface area contributed by atoms with Crippen LogP contribution in [-0.4, -0.2) is 90.9 Å². The summed E-state index contributed by atoms with van der Waals surface area (Å²) in [6.45, 7) is 15.7. The van der Waals surface area contributed by atoms with Crippen molar-refractivity contribution in [3.8, 4) is 0 Å². The summed E-state index contributed by atoms with van der Waals surface area (Å²) >= 11 is 18.1. The van der Waals surface area contributed by atoms with E-state index in [0.29, 0.717) is 84.1 Å². The third-order valence-electron chi connectivity index (χ3n) is 16.6. The van der Waals surface area contributed by atoms with E-state index in [1.54, 1.807) is 23.1 Å². The van der Waals surface area contributed by atoms with Crippen molar-refractivity contribution < 1.29 is 38.2 Å². The monoisotopic (exact) mass is 1530 g/mol. The molecule has 2 aromatic heterocycles. The topological polar surface area (TPSA) is 164 Å². The van der Waals surface area contributed by atoms with Gasteiger partial charge in [-0.15, -0.1) is 24.0 Å². The van der Waals surface area contributed by atoms with E-state index in [1.165, 1.54) is 70.6 Å². The number of likely N-dealkylation sites (tertiary alicyclic amines) is 1. The molecule has 14 nitrogen and oxygen atoms in total. The maximum Gasteiger partial charge on any atom is 0.354 e. The molecular formula is C57H64Cl2I4N9O5-. The van der Waals surface area contributed by atoms with Crippen LogP contribution < -0.4 is 23.3 Å². The van der Waals surface area contributed by atoms with Crippen LogP contribution in [0.1, 0.15) is 153 Å². The molecule has 0 unspecified atom stereocenters. The fourth-order valence-corrected chi connectivity index (χ4v) is 13.3. The second kappa shape index (κ2) is 28.1. The minimum atomic E-state index is -1.01. The Hall–Kier alpha value is -2.98. The number of halogens is 6. The molecule has 0 radical (unpaired) electrons. The van der Waals surface area contributed by atoms with Crippen LogP contribution in [0, 0.1) is 36.8 Å². The summed E-state index contributed by atoms with van der Waals surface area (Å²) in [4.78, 5) is 42.4. The quantitative estimate of drug-likeness (QED) is 0.126. The van der Waals surface area contributed by atoms with Gasteiger partial charge in [0.15, 0.2) is 0 Å². The molecule has 1 amide bonds. The molecule has 0 bridgehead atoms. The number of nitrogens with zero attached hydrogens (tertiary/aromatic N) is 9. The van der Waals surface area contributed by atoms with Gasteiger partial charge in [-0.25, -0.2) is 24.5 Å². The number of aryl methyl sites for hydroxylation is 2. The molecule has 410 valence electrons. The minimum absolute atomic E-state index is 0. The van der Waals surface area contributed by atoms with Crippen LogP contribution in [-0.2, 0) is 12.8 Å². The van der Waals surface area contributed by atoms with Crippen LogP contribution >= 0.6 is 84.4 Å². The molecule has 1 saturated heterocycles. The summed E-state index contributed by atoms with van der Waals surface area (Å²) in [5.41, 5.74) is 9.13. The molecule has 4 fully saturated rings. The summed E-state index contributed by atoms with van der Waals surface area (Å²) in [5.74, 6) is 0.668.